The summed E-state index contributed by atoms with van der Waals surface area (Å²) in [7, 11) is -3.57. The second-order valence-electron chi connectivity index (χ2n) is 7.53. The molecule has 5 nitrogen and oxygen atoms in total. The molecule has 1 saturated heterocycles. The summed E-state index contributed by atoms with van der Waals surface area (Å²) in [6.07, 6.45) is 0.971. The predicted molar refractivity (Wildman–Crippen MR) is 111 cm³/mol. The highest BCUT2D eigenvalue weighted by Gasteiger charge is 2.40. The topological polar surface area (TPSA) is 66.5 Å². The molecule has 0 radical (unpaired) electrons. The van der Waals surface area contributed by atoms with Gasteiger partial charge >= 0.3 is 0 Å². The summed E-state index contributed by atoms with van der Waals surface area (Å²) in [5, 5.41) is 3.52. The first-order chi connectivity index (χ1) is 13.2. The standard InChI is InChI=1S/C21H25ClN2O3S/c1-16-5-3-4-6-17(16)15-23-20(25)21(2)11-13-24(14-12-21)28(26,27)19-9-7-18(22)8-10-19/h3-10H,11-15H2,1-2H3,(H,23,25). The molecular weight excluding hydrogens is 396 g/mol. The Balaban J connectivity index is 1.62. The highest BCUT2D eigenvalue weighted by atomic mass is 35.5. The van der Waals surface area contributed by atoms with Crippen molar-refractivity contribution < 1.29 is 13.2 Å². The van der Waals surface area contributed by atoms with Gasteiger partial charge in [-0.1, -0.05) is 42.8 Å². The van der Waals surface area contributed by atoms with E-state index in [2.05, 4.69) is 5.32 Å². The molecule has 0 aliphatic carbocycles. The molecule has 0 unspecified atom stereocenters. The van der Waals surface area contributed by atoms with Crippen LogP contribution in [0.5, 0.6) is 0 Å². The lowest BCUT2D eigenvalue weighted by Crippen LogP contribution is -2.48. The molecule has 150 valence electrons. The average Bonchev–Trinajstić information content (AvgIpc) is 2.68. The van der Waals surface area contributed by atoms with Gasteiger partial charge < -0.3 is 5.32 Å². The summed E-state index contributed by atoms with van der Waals surface area (Å²) in [4.78, 5) is 13.0. The fourth-order valence-electron chi connectivity index (χ4n) is 3.40. The van der Waals surface area contributed by atoms with Gasteiger partial charge in [-0.15, -0.1) is 0 Å². The van der Waals surface area contributed by atoms with Crippen molar-refractivity contribution in [2.24, 2.45) is 5.41 Å². The lowest BCUT2D eigenvalue weighted by Gasteiger charge is -2.37. The van der Waals surface area contributed by atoms with Crippen molar-refractivity contribution in [3.05, 3.63) is 64.7 Å². The number of amides is 1. The molecule has 1 amide bonds. The van der Waals surface area contributed by atoms with Gasteiger partial charge in [-0.3, -0.25) is 4.79 Å². The summed E-state index contributed by atoms with van der Waals surface area (Å²) in [5.41, 5.74) is 1.65. The van der Waals surface area contributed by atoms with Crippen LogP contribution in [-0.2, 0) is 21.4 Å². The van der Waals surface area contributed by atoms with Gasteiger partial charge in [0.25, 0.3) is 0 Å². The Kier molecular flexibility index (Phi) is 6.12. The van der Waals surface area contributed by atoms with Crippen LogP contribution in [0.3, 0.4) is 0 Å². The highest BCUT2D eigenvalue weighted by Crippen LogP contribution is 2.33. The van der Waals surface area contributed by atoms with E-state index in [1.54, 1.807) is 12.1 Å². The van der Waals surface area contributed by atoms with E-state index in [0.29, 0.717) is 37.5 Å². The molecule has 7 heteroatoms. The smallest absolute Gasteiger partial charge is 0.243 e. The number of nitrogens with one attached hydrogen (secondary N) is 1. The van der Waals surface area contributed by atoms with Crippen LogP contribution in [0.4, 0.5) is 0 Å². The quantitative estimate of drug-likeness (QED) is 0.800. The first-order valence-electron chi connectivity index (χ1n) is 9.31. The summed E-state index contributed by atoms with van der Waals surface area (Å²) < 4.78 is 27.1. The van der Waals surface area contributed by atoms with E-state index in [-0.39, 0.29) is 10.8 Å². The zero-order valence-electron chi connectivity index (χ0n) is 16.1. The van der Waals surface area contributed by atoms with E-state index in [1.165, 1.54) is 16.4 Å². The van der Waals surface area contributed by atoms with Gasteiger partial charge in [-0.25, -0.2) is 8.42 Å². The SMILES string of the molecule is Cc1ccccc1CNC(=O)C1(C)CCN(S(=O)(=O)c2ccc(Cl)cc2)CC1. The molecule has 0 aromatic heterocycles. The lowest BCUT2D eigenvalue weighted by atomic mass is 9.80. The van der Waals surface area contributed by atoms with Crippen LogP contribution < -0.4 is 5.32 Å². The maximum absolute atomic E-state index is 12.8. The van der Waals surface area contributed by atoms with Crippen LogP contribution in [0.15, 0.2) is 53.4 Å². The van der Waals surface area contributed by atoms with E-state index in [4.69, 9.17) is 11.6 Å². The molecular formula is C21H25ClN2O3S. The molecule has 1 aliphatic heterocycles. The minimum Gasteiger partial charge on any atom is -0.352 e. The molecule has 28 heavy (non-hydrogen) atoms. The molecule has 0 spiro atoms. The number of sulfonamides is 1. The number of hydrogen-bond donors (Lipinski definition) is 1. The molecule has 1 fully saturated rings. The van der Waals surface area contributed by atoms with Gasteiger partial charge in [0.05, 0.1) is 4.90 Å². The zero-order chi connectivity index (χ0) is 20.4. The molecule has 3 rings (SSSR count). The molecule has 0 saturated carbocycles. The number of halogens is 1. The van der Waals surface area contributed by atoms with Crippen LogP contribution in [0.2, 0.25) is 5.02 Å². The van der Waals surface area contributed by atoms with Crippen molar-refractivity contribution in [3.63, 3.8) is 0 Å². The van der Waals surface area contributed by atoms with Gasteiger partial charge in [0.1, 0.15) is 0 Å². The lowest BCUT2D eigenvalue weighted by molar-refractivity contribution is -0.132. The van der Waals surface area contributed by atoms with Crippen LogP contribution in [-0.4, -0.2) is 31.7 Å². The molecule has 2 aromatic rings. The highest BCUT2D eigenvalue weighted by molar-refractivity contribution is 7.89. The average molecular weight is 421 g/mol. The number of carbonyl (C=O) groups is 1. The number of aryl methyl sites for hydroxylation is 1. The minimum atomic E-state index is -3.57. The predicted octanol–water partition coefficient (Wildman–Crippen LogP) is 3.76. The van der Waals surface area contributed by atoms with E-state index < -0.39 is 15.4 Å². The summed E-state index contributed by atoms with van der Waals surface area (Å²) in [6, 6.07) is 14.1. The molecule has 2 aromatic carbocycles. The van der Waals surface area contributed by atoms with Crippen molar-refractivity contribution in [2.45, 2.75) is 38.1 Å². The molecule has 0 bridgehead atoms. The Morgan fingerprint density at radius 1 is 1.11 bits per heavy atom. The van der Waals surface area contributed by atoms with Crippen molar-refractivity contribution in [2.75, 3.05) is 13.1 Å². The molecule has 1 aliphatic rings. The third-order valence-electron chi connectivity index (χ3n) is 5.53. The van der Waals surface area contributed by atoms with Crippen molar-refractivity contribution in [1.29, 1.82) is 0 Å². The Hall–Kier alpha value is -1.89. The maximum Gasteiger partial charge on any atom is 0.243 e. The van der Waals surface area contributed by atoms with Crippen molar-refractivity contribution in [1.82, 2.24) is 9.62 Å². The van der Waals surface area contributed by atoms with Gasteiger partial charge in [-0.2, -0.15) is 4.31 Å². The summed E-state index contributed by atoms with van der Waals surface area (Å²) in [6.45, 7) is 5.04. The fourth-order valence-corrected chi connectivity index (χ4v) is 4.97. The third-order valence-corrected chi connectivity index (χ3v) is 7.69. The van der Waals surface area contributed by atoms with E-state index in [1.807, 2.05) is 38.1 Å². The van der Waals surface area contributed by atoms with Crippen molar-refractivity contribution >= 4 is 27.5 Å². The molecule has 1 N–H and O–H groups in total. The third kappa shape index (κ3) is 4.40. The zero-order valence-corrected chi connectivity index (χ0v) is 17.7. The molecule has 0 atom stereocenters. The Morgan fingerprint density at radius 2 is 1.71 bits per heavy atom. The number of benzene rings is 2. The summed E-state index contributed by atoms with van der Waals surface area (Å²) in [5.74, 6) is -0.0284. The first kappa shape index (κ1) is 20.8. The van der Waals surface area contributed by atoms with E-state index >= 15 is 0 Å². The van der Waals surface area contributed by atoms with Crippen LogP contribution in [0.1, 0.15) is 30.9 Å². The fraction of sp³-hybridized carbons (Fsp3) is 0.381. The van der Waals surface area contributed by atoms with Gasteiger partial charge in [0, 0.05) is 30.1 Å². The Bertz CT molecular complexity index is 950. The number of carbonyl (C=O) groups excluding carboxylic acids is 1. The summed E-state index contributed by atoms with van der Waals surface area (Å²) >= 11 is 5.85. The number of rotatable bonds is 5. The van der Waals surface area contributed by atoms with Gasteiger partial charge in [0.2, 0.25) is 15.9 Å². The minimum absolute atomic E-state index is 0.0284. The Labute approximate surface area is 171 Å². The normalized spacial score (nSPS) is 17.2. The van der Waals surface area contributed by atoms with Gasteiger partial charge in [-0.05, 0) is 55.2 Å². The van der Waals surface area contributed by atoms with Crippen LogP contribution in [0, 0.1) is 12.3 Å². The van der Waals surface area contributed by atoms with Crippen LogP contribution in [0.25, 0.3) is 0 Å². The van der Waals surface area contributed by atoms with Crippen molar-refractivity contribution in [3.8, 4) is 0 Å². The molecule has 1 heterocycles. The maximum atomic E-state index is 12.8. The van der Waals surface area contributed by atoms with Gasteiger partial charge in [0.15, 0.2) is 0 Å². The largest absolute Gasteiger partial charge is 0.352 e. The first-order valence-corrected chi connectivity index (χ1v) is 11.1. The number of nitrogens with zero attached hydrogens (tertiary/aromatic N) is 1. The second kappa shape index (κ2) is 8.23. The Morgan fingerprint density at radius 3 is 2.32 bits per heavy atom. The monoisotopic (exact) mass is 420 g/mol. The number of hydrogen-bond acceptors (Lipinski definition) is 3. The van der Waals surface area contributed by atoms with E-state index in [9.17, 15) is 13.2 Å². The second-order valence-corrected chi connectivity index (χ2v) is 9.90. The van der Waals surface area contributed by atoms with Crippen LogP contribution >= 0.6 is 11.6 Å². The number of piperidine rings is 1. The van der Waals surface area contributed by atoms with E-state index in [0.717, 1.165) is 11.1 Å².